The van der Waals surface area contributed by atoms with Crippen molar-refractivity contribution in [1.82, 2.24) is 19.7 Å². The number of hydrogen-bond donors (Lipinski definition) is 0. The fourth-order valence-electron chi connectivity index (χ4n) is 3.80. The molecule has 130 valence electrons. The molecule has 0 bridgehead atoms. The summed E-state index contributed by atoms with van der Waals surface area (Å²) in [6, 6.07) is 0.491. The molecule has 1 saturated carbocycles. The van der Waals surface area contributed by atoms with E-state index in [0.717, 1.165) is 11.2 Å². The number of aromatic nitrogens is 4. The Labute approximate surface area is 142 Å². The van der Waals surface area contributed by atoms with Crippen LogP contribution in [0.1, 0.15) is 39.0 Å². The lowest BCUT2D eigenvalue weighted by Gasteiger charge is -2.38. The van der Waals surface area contributed by atoms with E-state index in [-0.39, 0.29) is 12.5 Å². The minimum Gasteiger partial charge on any atom is -0.468 e. The molecule has 24 heavy (non-hydrogen) atoms. The van der Waals surface area contributed by atoms with E-state index in [4.69, 9.17) is 4.74 Å². The summed E-state index contributed by atoms with van der Waals surface area (Å²) in [7, 11) is 3.48. The molecule has 1 aliphatic carbocycles. The van der Waals surface area contributed by atoms with E-state index in [0.29, 0.717) is 17.6 Å². The molecule has 1 fully saturated rings. The van der Waals surface area contributed by atoms with Gasteiger partial charge in [0.2, 0.25) is 0 Å². The van der Waals surface area contributed by atoms with Gasteiger partial charge >= 0.3 is 5.97 Å². The quantitative estimate of drug-likeness (QED) is 0.783. The molecule has 0 spiro atoms. The molecule has 2 atom stereocenters. The number of fused-ring (bicyclic) bond motifs is 1. The molecule has 7 heteroatoms. The third-order valence-corrected chi connectivity index (χ3v) is 5.14. The topological polar surface area (TPSA) is 73.1 Å². The van der Waals surface area contributed by atoms with Crippen molar-refractivity contribution in [2.45, 2.75) is 51.6 Å². The number of nitrogens with zero attached hydrogens (tertiary/aromatic N) is 5. The number of methoxy groups -OCH3 is 1. The van der Waals surface area contributed by atoms with Crippen LogP contribution in [0.5, 0.6) is 0 Å². The number of carbonyl (C=O) groups excluding carboxylic acids is 1. The van der Waals surface area contributed by atoms with Crippen LogP contribution in [-0.2, 0) is 16.1 Å². The molecule has 7 nitrogen and oxygen atoms in total. The normalized spacial score (nSPS) is 21.0. The van der Waals surface area contributed by atoms with Gasteiger partial charge in [0.25, 0.3) is 0 Å². The summed E-state index contributed by atoms with van der Waals surface area (Å²) in [6.45, 7) is 2.32. The highest BCUT2D eigenvalue weighted by Gasteiger charge is 2.29. The monoisotopic (exact) mass is 331 g/mol. The summed E-state index contributed by atoms with van der Waals surface area (Å²) in [6.07, 6.45) is 9.53. The standard InChI is InChI=1S/C17H25N5O2/c1-4-12-7-5-6-8-14(12)21(2)16-13-9-20-22(10-15(23)24-3)17(13)19-11-18-16/h9,11-12,14H,4-8,10H2,1-3H3/t12-,14-/m1/s1. The third-order valence-electron chi connectivity index (χ3n) is 5.14. The SMILES string of the molecule is CC[C@@H]1CCCC[C@H]1N(C)c1ncnc2c1cnn2CC(=O)OC. The van der Waals surface area contributed by atoms with Gasteiger partial charge in [-0.3, -0.25) is 4.79 Å². The molecular formula is C17H25N5O2. The van der Waals surface area contributed by atoms with Crippen molar-refractivity contribution in [3.8, 4) is 0 Å². The van der Waals surface area contributed by atoms with Gasteiger partial charge in [-0.15, -0.1) is 0 Å². The van der Waals surface area contributed by atoms with Gasteiger partial charge < -0.3 is 9.64 Å². The van der Waals surface area contributed by atoms with Gasteiger partial charge in [-0.1, -0.05) is 26.2 Å². The van der Waals surface area contributed by atoms with Crippen molar-refractivity contribution < 1.29 is 9.53 Å². The van der Waals surface area contributed by atoms with Crippen molar-refractivity contribution in [3.63, 3.8) is 0 Å². The first kappa shape index (κ1) is 16.7. The van der Waals surface area contributed by atoms with E-state index in [1.54, 1.807) is 17.2 Å². The molecule has 0 unspecified atom stereocenters. The van der Waals surface area contributed by atoms with Crippen LogP contribution in [-0.4, -0.2) is 45.9 Å². The molecule has 0 saturated heterocycles. The van der Waals surface area contributed by atoms with Crippen LogP contribution in [0.4, 0.5) is 5.82 Å². The van der Waals surface area contributed by atoms with E-state index in [1.807, 2.05) is 0 Å². The van der Waals surface area contributed by atoms with E-state index >= 15 is 0 Å². The van der Waals surface area contributed by atoms with Crippen molar-refractivity contribution in [3.05, 3.63) is 12.5 Å². The number of anilines is 1. The van der Waals surface area contributed by atoms with Crippen LogP contribution in [0.2, 0.25) is 0 Å². The Morgan fingerprint density at radius 2 is 2.17 bits per heavy atom. The zero-order chi connectivity index (χ0) is 17.1. The number of esters is 1. The van der Waals surface area contributed by atoms with Crippen LogP contribution < -0.4 is 4.90 Å². The molecule has 1 aliphatic rings. The Balaban J connectivity index is 1.93. The average Bonchev–Trinajstić information content (AvgIpc) is 3.03. The summed E-state index contributed by atoms with van der Waals surface area (Å²) >= 11 is 0. The molecule has 0 amide bonds. The van der Waals surface area contributed by atoms with Gasteiger partial charge in [0.15, 0.2) is 5.65 Å². The Kier molecular flexibility index (Phi) is 4.97. The second kappa shape index (κ2) is 7.15. The first-order valence-electron chi connectivity index (χ1n) is 8.61. The van der Waals surface area contributed by atoms with E-state index in [9.17, 15) is 4.79 Å². The lowest BCUT2D eigenvalue weighted by atomic mass is 9.82. The Morgan fingerprint density at radius 1 is 1.38 bits per heavy atom. The maximum Gasteiger partial charge on any atom is 0.327 e. The van der Waals surface area contributed by atoms with Crippen LogP contribution in [0.3, 0.4) is 0 Å². The molecule has 0 N–H and O–H groups in total. The Bertz CT molecular complexity index is 714. The van der Waals surface area contributed by atoms with Crippen LogP contribution in [0.25, 0.3) is 11.0 Å². The lowest BCUT2D eigenvalue weighted by Crippen LogP contribution is -2.40. The first-order valence-corrected chi connectivity index (χ1v) is 8.61. The van der Waals surface area contributed by atoms with Crippen LogP contribution >= 0.6 is 0 Å². The zero-order valence-electron chi connectivity index (χ0n) is 14.6. The van der Waals surface area contributed by atoms with E-state index in [2.05, 4.69) is 33.9 Å². The maximum absolute atomic E-state index is 11.5. The number of hydrogen-bond acceptors (Lipinski definition) is 6. The molecule has 0 aromatic carbocycles. The van der Waals surface area contributed by atoms with Gasteiger partial charge in [-0.25, -0.2) is 14.6 Å². The van der Waals surface area contributed by atoms with Gasteiger partial charge in [0.1, 0.15) is 18.7 Å². The number of carbonyl (C=O) groups is 1. The van der Waals surface area contributed by atoms with Gasteiger partial charge in [0.05, 0.1) is 18.7 Å². The fraction of sp³-hybridized carbons (Fsp3) is 0.647. The zero-order valence-corrected chi connectivity index (χ0v) is 14.6. The summed E-state index contributed by atoms with van der Waals surface area (Å²) in [5.41, 5.74) is 0.668. The highest BCUT2D eigenvalue weighted by atomic mass is 16.5. The van der Waals surface area contributed by atoms with Crippen molar-refractivity contribution >= 4 is 22.8 Å². The molecule has 2 aromatic rings. The van der Waals surface area contributed by atoms with Gasteiger partial charge in [-0.05, 0) is 18.8 Å². The molecule has 0 aliphatic heterocycles. The fourth-order valence-corrected chi connectivity index (χ4v) is 3.80. The first-order chi connectivity index (χ1) is 11.7. The van der Waals surface area contributed by atoms with Crippen LogP contribution in [0.15, 0.2) is 12.5 Å². The molecule has 3 rings (SSSR count). The van der Waals surface area contributed by atoms with Gasteiger partial charge in [-0.2, -0.15) is 5.10 Å². The largest absolute Gasteiger partial charge is 0.468 e. The highest BCUT2D eigenvalue weighted by Crippen LogP contribution is 2.33. The Morgan fingerprint density at radius 3 is 2.92 bits per heavy atom. The van der Waals surface area contributed by atoms with Crippen LogP contribution in [0, 0.1) is 5.92 Å². The smallest absolute Gasteiger partial charge is 0.327 e. The molecule has 0 radical (unpaired) electrons. The summed E-state index contributed by atoms with van der Waals surface area (Å²) in [5, 5.41) is 5.18. The molecular weight excluding hydrogens is 306 g/mol. The predicted octanol–water partition coefficient (Wildman–Crippen LogP) is 2.40. The lowest BCUT2D eigenvalue weighted by molar-refractivity contribution is -0.141. The van der Waals surface area contributed by atoms with Crippen molar-refractivity contribution in [1.29, 1.82) is 0 Å². The average molecular weight is 331 g/mol. The summed E-state index contributed by atoms with van der Waals surface area (Å²) in [4.78, 5) is 22.6. The number of rotatable bonds is 5. The number of ether oxygens (including phenoxy) is 1. The third kappa shape index (κ3) is 3.07. The second-order valence-corrected chi connectivity index (χ2v) is 6.44. The second-order valence-electron chi connectivity index (χ2n) is 6.44. The minimum absolute atomic E-state index is 0.0567. The summed E-state index contributed by atoms with van der Waals surface area (Å²) in [5.74, 6) is 1.24. The predicted molar refractivity (Wildman–Crippen MR) is 91.8 cm³/mol. The van der Waals surface area contributed by atoms with Crippen molar-refractivity contribution in [2.24, 2.45) is 5.92 Å². The van der Waals surface area contributed by atoms with Crippen molar-refractivity contribution in [2.75, 3.05) is 19.1 Å². The maximum atomic E-state index is 11.5. The highest BCUT2D eigenvalue weighted by molar-refractivity contribution is 5.87. The minimum atomic E-state index is -0.341. The molecule has 2 heterocycles. The molecule has 2 aromatic heterocycles. The summed E-state index contributed by atoms with van der Waals surface area (Å²) < 4.78 is 6.29. The van der Waals surface area contributed by atoms with E-state index < -0.39 is 0 Å². The van der Waals surface area contributed by atoms with Gasteiger partial charge in [0, 0.05) is 13.1 Å². The Hall–Kier alpha value is -2.18. The van der Waals surface area contributed by atoms with E-state index in [1.165, 1.54) is 39.2 Å².